The average Bonchev–Trinajstić information content (AvgIpc) is 3.24. The summed E-state index contributed by atoms with van der Waals surface area (Å²) in [5.74, 6) is -0.747. The Balaban J connectivity index is 1.61. The van der Waals surface area contributed by atoms with E-state index < -0.39 is 21.4 Å². The fourth-order valence-corrected chi connectivity index (χ4v) is 5.16. The maximum absolute atomic E-state index is 13.5. The molecule has 0 bridgehead atoms. The van der Waals surface area contributed by atoms with Crippen LogP contribution in [0.2, 0.25) is 0 Å². The van der Waals surface area contributed by atoms with Gasteiger partial charge >= 0.3 is 0 Å². The quantitative estimate of drug-likeness (QED) is 0.468. The van der Waals surface area contributed by atoms with Crippen molar-refractivity contribution in [2.75, 3.05) is 19.3 Å². The number of aromatic hydroxyl groups is 1. The Morgan fingerprint density at radius 3 is 2.71 bits per heavy atom. The smallest absolute Gasteiger partial charge is 0.211 e. The maximum Gasteiger partial charge on any atom is 0.211 e. The number of aromatic nitrogens is 4. The topological polar surface area (TPSA) is 125 Å². The number of nitriles is 1. The molecule has 1 saturated heterocycles. The standard InChI is InChI=1S/C23H19FN6O3S/c1-34(32,33)29-13-23(14-29,6-7-25)30-27-12-21(28-30)19-9-15(10-20-18(19)3-2-8-26-20)17-5-4-16(24)11-22(17)31/h2-5,8-12,31H,6,13-14H2,1H3. The molecule has 1 N–H and O–H groups in total. The first-order chi connectivity index (χ1) is 16.2. The number of nitrogens with zero attached hydrogens (tertiary/aromatic N) is 6. The summed E-state index contributed by atoms with van der Waals surface area (Å²) in [6.07, 6.45) is 4.38. The predicted octanol–water partition coefficient (Wildman–Crippen LogP) is 2.89. The highest BCUT2D eigenvalue weighted by molar-refractivity contribution is 7.88. The van der Waals surface area contributed by atoms with Crippen LogP contribution in [0.4, 0.5) is 4.39 Å². The molecule has 9 nitrogen and oxygen atoms in total. The molecule has 11 heteroatoms. The van der Waals surface area contributed by atoms with Crippen molar-refractivity contribution >= 4 is 20.9 Å². The molecular formula is C23H19FN6O3S. The molecule has 0 radical (unpaired) electrons. The van der Waals surface area contributed by atoms with Gasteiger partial charge in [-0.1, -0.05) is 6.07 Å². The average molecular weight is 479 g/mol. The normalized spacial score (nSPS) is 15.7. The summed E-state index contributed by atoms with van der Waals surface area (Å²) in [5, 5.41) is 29.4. The van der Waals surface area contributed by atoms with Crippen LogP contribution in [0.3, 0.4) is 0 Å². The van der Waals surface area contributed by atoms with Gasteiger partial charge in [0.25, 0.3) is 0 Å². The monoisotopic (exact) mass is 478 g/mol. The number of phenols is 1. The SMILES string of the molecule is CS(=O)(=O)N1CC(CC#N)(n2ncc(-c3cc(-c4ccc(F)cc4O)cc4ncccc34)n2)C1. The summed E-state index contributed by atoms with van der Waals surface area (Å²) in [7, 11) is -3.38. The number of halogens is 1. The van der Waals surface area contributed by atoms with Crippen molar-refractivity contribution in [2.45, 2.75) is 12.0 Å². The molecular weight excluding hydrogens is 459 g/mol. The molecule has 0 amide bonds. The van der Waals surface area contributed by atoms with Gasteiger partial charge in [-0.3, -0.25) is 4.98 Å². The molecule has 0 spiro atoms. The van der Waals surface area contributed by atoms with Crippen LogP contribution in [-0.2, 0) is 15.6 Å². The third-order valence-corrected chi connectivity index (χ3v) is 7.20. The summed E-state index contributed by atoms with van der Waals surface area (Å²) in [6, 6.07) is 13.2. The number of sulfonamides is 1. The van der Waals surface area contributed by atoms with E-state index in [1.165, 1.54) is 21.2 Å². The lowest BCUT2D eigenvalue weighted by atomic mass is 9.90. The first kappa shape index (κ1) is 21.9. The van der Waals surface area contributed by atoms with Crippen molar-refractivity contribution in [1.82, 2.24) is 24.3 Å². The van der Waals surface area contributed by atoms with Gasteiger partial charge < -0.3 is 5.11 Å². The molecule has 0 unspecified atom stereocenters. The zero-order valence-corrected chi connectivity index (χ0v) is 18.9. The fraction of sp³-hybridized carbons (Fsp3) is 0.217. The first-order valence-corrected chi connectivity index (χ1v) is 12.2. The summed E-state index contributed by atoms with van der Waals surface area (Å²) < 4.78 is 38.5. The summed E-state index contributed by atoms with van der Waals surface area (Å²) >= 11 is 0. The summed E-state index contributed by atoms with van der Waals surface area (Å²) in [5.41, 5.74) is 2.03. The summed E-state index contributed by atoms with van der Waals surface area (Å²) in [4.78, 5) is 5.84. The largest absolute Gasteiger partial charge is 0.507 e. The van der Waals surface area contributed by atoms with E-state index in [0.29, 0.717) is 27.9 Å². The Bertz CT molecular complexity index is 1570. The van der Waals surface area contributed by atoms with Gasteiger partial charge in [-0.15, -0.1) is 0 Å². The van der Waals surface area contributed by atoms with E-state index in [4.69, 9.17) is 0 Å². The molecule has 1 fully saturated rings. The minimum Gasteiger partial charge on any atom is -0.507 e. The lowest BCUT2D eigenvalue weighted by molar-refractivity contribution is 0.0579. The second-order valence-corrected chi connectivity index (χ2v) is 10.3. The third kappa shape index (κ3) is 3.67. The van der Waals surface area contributed by atoms with E-state index in [-0.39, 0.29) is 25.3 Å². The number of rotatable bonds is 5. The minimum absolute atomic E-state index is 0.0545. The van der Waals surface area contributed by atoms with Crippen LogP contribution in [0, 0.1) is 17.1 Å². The molecule has 0 aliphatic carbocycles. The minimum atomic E-state index is -3.38. The van der Waals surface area contributed by atoms with Crippen LogP contribution >= 0.6 is 0 Å². The Morgan fingerprint density at radius 1 is 1.21 bits per heavy atom. The molecule has 0 saturated carbocycles. The maximum atomic E-state index is 13.5. The van der Waals surface area contributed by atoms with Crippen molar-refractivity contribution < 1.29 is 17.9 Å². The zero-order valence-electron chi connectivity index (χ0n) is 18.1. The van der Waals surface area contributed by atoms with E-state index in [0.717, 1.165) is 17.7 Å². The molecule has 3 heterocycles. The van der Waals surface area contributed by atoms with Gasteiger partial charge in [0.2, 0.25) is 10.0 Å². The Hall–Kier alpha value is -3.88. The zero-order chi connectivity index (χ0) is 24.1. The lowest BCUT2D eigenvalue weighted by Crippen LogP contribution is -2.64. The van der Waals surface area contributed by atoms with Crippen molar-refractivity contribution in [3.05, 3.63) is 60.7 Å². The van der Waals surface area contributed by atoms with Gasteiger partial charge in [-0.25, -0.2) is 12.8 Å². The number of fused-ring (bicyclic) bond motifs is 1. The molecule has 4 aromatic rings. The highest BCUT2D eigenvalue weighted by atomic mass is 32.2. The van der Waals surface area contributed by atoms with Crippen LogP contribution in [0.15, 0.2) is 54.9 Å². The Labute approximate surface area is 194 Å². The van der Waals surface area contributed by atoms with E-state index in [2.05, 4.69) is 21.3 Å². The van der Waals surface area contributed by atoms with Crippen molar-refractivity contribution in [3.8, 4) is 34.2 Å². The lowest BCUT2D eigenvalue weighted by Gasteiger charge is -2.46. The second-order valence-electron chi connectivity index (χ2n) is 8.36. The molecule has 1 aliphatic heterocycles. The Morgan fingerprint density at radius 2 is 2.00 bits per heavy atom. The van der Waals surface area contributed by atoms with E-state index in [9.17, 15) is 23.2 Å². The van der Waals surface area contributed by atoms with E-state index in [1.54, 1.807) is 24.5 Å². The molecule has 0 atom stereocenters. The molecule has 34 heavy (non-hydrogen) atoms. The molecule has 2 aromatic heterocycles. The fourth-order valence-electron chi connectivity index (χ4n) is 4.21. The molecule has 172 valence electrons. The van der Waals surface area contributed by atoms with Crippen molar-refractivity contribution in [3.63, 3.8) is 0 Å². The summed E-state index contributed by atoms with van der Waals surface area (Å²) in [6.45, 7) is 0.221. The molecule has 1 aliphatic rings. The van der Waals surface area contributed by atoms with Crippen molar-refractivity contribution in [2.24, 2.45) is 0 Å². The molecule has 2 aromatic carbocycles. The number of hydrogen-bond donors (Lipinski definition) is 1. The van der Waals surface area contributed by atoms with E-state index >= 15 is 0 Å². The first-order valence-electron chi connectivity index (χ1n) is 10.3. The van der Waals surface area contributed by atoms with Gasteiger partial charge in [-0.2, -0.15) is 24.6 Å². The van der Waals surface area contributed by atoms with Gasteiger partial charge in [0.1, 0.15) is 22.8 Å². The number of phenolic OH excluding ortho intramolecular Hbond substituents is 1. The number of pyridine rings is 1. The van der Waals surface area contributed by atoms with Crippen LogP contribution in [0.25, 0.3) is 33.3 Å². The van der Waals surface area contributed by atoms with Crippen molar-refractivity contribution in [1.29, 1.82) is 5.26 Å². The highest BCUT2D eigenvalue weighted by Crippen LogP contribution is 2.38. The third-order valence-electron chi connectivity index (χ3n) is 6.00. The van der Waals surface area contributed by atoms with Gasteiger partial charge in [0, 0.05) is 41.9 Å². The van der Waals surface area contributed by atoms with Crippen LogP contribution in [-0.4, -0.2) is 57.2 Å². The van der Waals surface area contributed by atoms with E-state index in [1.807, 2.05) is 12.1 Å². The van der Waals surface area contributed by atoms with Gasteiger partial charge in [0.15, 0.2) is 0 Å². The van der Waals surface area contributed by atoms with Crippen LogP contribution in [0.1, 0.15) is 6.42 Å². The highest BCUT2D eigenvalue weighted by Gasteiger charge is 2.50. The van der Waals surface area contributed by atoms with Gasteiger partial charge in [0.05, 0.1) is 30.5 Å². The predicted molar refractivity (Wildman–Crippen MR) is 122 cm³/mol. The molecule has 5 rings (SSSR count). The Kier molecular flexibility index (Phi) is 5.07. The van der Waals surface area contributed by atoms with Crippen LogP contribution < -0.4 is 0 Å². The number of benzene rings is 2. The number of hydrogen-bond acceptors (Lipinski definition) is 7. The van der Waals surface area contributed by atoms with Gasteiger partial charge in [-0.05, 0) is 35.9 Å². The van der Waals surface area contributed by atoms with Crippen LogP contribution in [0.5, 0.6) is 5.75 Å². The second kappa shape index (κ2) is 7.86.